The standard InChI is InChI=1S/C9H9BrF3NO2S/c10-6-1-2-8(7(14)3-6)17(15)5-16-4-9(11,12)13/h1-3H,4-5,14H2. The second-order valence-corrected chi connectivity index (χ2v) is 5.39. The van der Waals surface area contributed by atoms with Crippen molar-refractivity contribution in [3.8, 4) is 0 Å². The van der Waals surface area contributed by atoms with Gasteiger partial charge in [0.1, 0.15) is 12.5 Å². The third-order valence-corrected chi connectivity index (χ3v) is 3.41. The molecule has 17 heavy (non-hydrogen) atoms. The fraction of sp³-hybridized carbons (Fsp3) is 0.333. The Morgan fingerprint density at radius 3 is 2.59 bits per heavy atom. The number of ether oxygens (including phenoxy) is 1. The molecule has 0 radical (unpaired) electrons. The molecule has 0 aliphatic rings. The number of anilines is 1. The molecule has 1 aromatic rings. The van der Waals surface area contributed by atoms with Gasteiger partial charge >= 0.3 is 6.18 Å². The highest BCUT2D eigenvalue weighted by atomic mass is 79.9. The summed E-state index contributed by atoms with van der Waals surface area (Å²) in [6, 6.07) is 4.61. The molecule has 0 amide bonds. The maximum absolute atomic E-state index is 11.8. The molecule has 0 aliphatic carbocycles. The van der Waals surface area contributed by atoms with Crippen LogP contribution in [0.4, 0.5) is 18.9 Å². The van der Waals surface area contributed by atoms with E-state index < -0.39 is 29.5 Å². The molecule has 0 saturated carbocycles. The molecule has 0 aliphatic heterocycles. The van der Waals surface area contributed by atoms with E-state index in [2.05, 4.69) is 20.7 Å². The molecule has 0 saturated heterocycles. The van der Waals surface area contributed by atoms with E-state index in [-0.39, 0.29) is 10.6 Å². The lowest BCUT2D eigenvalue weighted by atomic mass is 10.3. The minimum atomic E-state index is -4.42. The average Bonchev–Trinajstić information content (AvgIpc) is 2.15. The summed E-state index contributed by atoms with van der Waals surface area (Å²) in [7, 11) is -1.71. The first-order valence-corrected chi connectivity index (χ1v) is 6.48. The van der Waals surface area contributed by atoms with Crippen LogP contribution in [0.5, 0.6) is 0 Å². The van der Waals surface area contributed by atoms with E-state index in [0.717, 1.165) is 0 Å². The fourth-order valence-electron chi connectivity index (χ4n) is 1.02. The Balaban J connectivity index is 2.59. The van der Waals surface area contributed by atoms with Crippen molar-refractivity contribution in [1.82, 2.24) is 0 Å². The maximum atomic E-state index is 11.8. The number of benzene rings is 1. The van der Waals surface area contributed by atoms with Gasteiger partial charge < -0.3 is 10.5 Å². The van der Waals surface area contributed by atoms with Crippen LogP contribution in [0, 0.1) is 0 Å². The molecule has 3 nitrogen and oxygen atoms in total. The van der Waals surface area contributed by atoms with Crippen LogP contribution < -0.4 is 5.73 Å². The number of nitrogen functional groups attached to an aromatic ring is 1. The lowest BCUT2D eigenvalue weighted by molar-refractivity contribution is -0.169. The normalized spacial score (nSPS) is 13.6. The third-order valence-electron chi connectivity index (χ3n) is 1.67. The van der Waals surface area contributed by atoms with Crippen LogP contribution in [0.15, 0.2) is 27.6 Å². The number of hydrogen-bond acceptors (Lipinski definition) is 3. The van der Waals surface area contributed by atoms with Crippen LogP contribution in [0.25, 0.3) is 0 Å². The molecule has 1 atom stereocenters. The lowest BCUT2D eigenvalue weighted by Crippen LogP contribution is -2.19. The Morgan fingerprint density at radius 2 is 2.06 bits per heavy atom. The Hall–Kier alpha value is -0.600. The highest BCUT2D eigenvalue weighted by molar-refractivity contribution is 9.10. The van der Waals surface area contributed by atoms with Crippen molar-refractivity contribution in [3.05, 3.63) is 22.7 Å². The molecule has 96 valence electrons. The van der Waals surface area contributed by atoms with Crippen molar-refractivity contribution in [2.45, 2.75) is 11.1 Å². The van der Waals surface area contributed by atoms with Gasteiger partial charge in [0, 0.05) is 10.2 Å². The molecule has 0 spiro atoms. The SMILES string of the molecule is Nc1cc(Br)ccc1S(=O)COCC(F)(F)F. The zero-order valence-corrected chi connectivity index (χ0v) is 10.9. The van der Waals surface area contributed by atoms with Crippen molar-refractivity contribution < 1.29 is 22.1 Å². The number of rotatable bonds is 4. The molecule has 0 heterocycles. The van der Waals surface area contributed by atoms with E-state index in [4.69, 9.17) is 5.73 Å². The summed E-state index contributed by atoms with van der Waals surface area (Å²) in [6.45, 7) is -1.42. The smallest absolute Gasteiger partial charge is 0.398 e. The lowest BCUT2D eigenvalue weighted by Gasteiger charge is -2.09. The third kappa shape index (κ3) is 5.05. The Kier molecular flexibility index (Phi) is 4.96. The van der Waals surface area contributed by atoms with Crippen molar-refractivity contribution in [2.24, 2.45) is 0 Å². The molecule has 1 rings (SSSR count). The van der Waals surface area contributed by atoms with Gasteiger partial charge in [-0.2, -0.15) is 13.2 Å². The summed E-state index contributed by atoms with van der Waals surface area (Å²) in [6.07, 6.45) is -4.42. The first kappa shape index (κ1) is 14.5. The van der Waals surface area contributed by atoms with Gasteiger partial charge in [-0.3, -0.25) is 4.21 Å². The first-order valence-electron chi connectivity index (χ1n) is 4.37. The van der Waals surface area contributed by atoms with Gasteiger partial charge in [-0.15, -0.1) is 0 Å². The van der Waals surface area contributed by atoms with Crippen LogP contribution in [-0.4, -0.2) is 22.9 Å². The Bertz CT molecular complexity index is 425. The van der Waals surface area contributed by atoms with Gasteiger partial charge in [0.25, 0.3) is 0 Å². The summed E-state index contributed by atoms with van der Waals surface area (Å²) in [5.41, 5.74) is 5.82. The summed E-state index contributed by atoms with van der Waals surface area (Å²) in [5, 5.41) is 0. The quantitative estimate of drug-likeness (QED) is 0.863. The Morgan fingerprint density at radius 1 is 1.41 bits per heavy atom. The van der Waals surface area contributed by atoms with E-state index in [1.165, 1.54) is 12.1 Å². The van der Waals surface area contributed by atoms with Crippen LogP contribution in [0.1, 0.15) is 0 Å². The van der Waals surface area contributed by atoms with Crippen molar-refractivity contribution in [1.29, 1.82) is 0 Å². The van der Waals surface area contributed by atoms with Crippen LogP contribution in [0.2, 0.25) is 0 Å². The summed E-state index contributed by atoms with van der Waals surface area (Å²) in [4.78, 5) is 0.260. The maximum Gasteiger partial charge on any atom is 0.411 e. The zero-order chi connectivity index (χ0) is 13.1. The van der Waals surface area contributed by atoms with E-state index in [1.54, 1.807) is 6.07 Å². The molecule has 0 bridgehead atoms. The van der Waals surface area contributed by atoms with Crippen molar-refractivity contribution >= 4 is 32.4 Å². The summed E-state index contributed by atoms with van der Waals surface area (Å²) >= 11 is 3.17. The largest absolute Gasteiger partial charge is 0.411 e. The fourth-order valence-corrected chi connectivity index (χ4v) is 2.31. The Labute approximate surface area is 107 Å². The van der Waals surface area contributed by atoms with Crippen LogP contribution in [-0.2, 0) is 15.5 Å². The number of halogens is 4. The highest BCUT2D eigenvalue weighted by Crippen LogP contribution is 2.22. The molecule has 1 aromatic carbocycles. The summed E-state index contributed by atoms with van der Waals surface area (Å²) < 4.78 is 52.0. The zero-order valence-electron chi connectivity index (χ0n) is 8.46. The van der Waals surface area contributed by atoms with Gasteiger partial charge in [0.2, 0.25) is 0 Å². The van der Waals surface area contributed by atoms with E-state index in [0.29, 0.717) is 4.47 Å². The van der Waals surface area contributed by atoms with Gasteiger partial charge in [-0.25, -0.2) is 0 Å². The molecular formula is C9H9BrF3NO2S. The molecule has 0 fully saturated rings. The second-order valence-electron chi connectivity index (χ2n) is 3.11. The molecular weight excluding hydrogens is 323 g/mol. The van der Waals surface area contributed by atoms with Gasteiger partial charge in [-0.05, 0) is 18.2 Å². The molecule has 0 aromatic heterocycles. The van der Waals surface area contributed by atoms with E-state index >= 15 is 0 Å². The molecule has 2 N–H and O–H groups in total. The topological polar surface area (TPSA) is 52.3 Å². The minimum absolute atomic E-state index is 0.244. The average molecular weight is 332 g/mol. The van der Waals surface area contributed by atoms with Crippen molar-refractivity contribution in [3.63, 3.8) is 0 Å². The molecule has 1 unspecified atom stereocenters. The highest BCUT2D eigenvalue weighted by Gasteiger charge is 2.27. The second kappa shape index (κ2) is 5.83. The van der Waals surface area contributed by atoms with E-state index in [1.807, 2.05) is 0 Å². The van der Waals surface area contributed by atoms with Gasteiger partial charge in [-0.1, -0.05) is 15.9 Å². The van der Waals surface area contributed by atoms with E-state index in [9.17, 15) is 17.4 Å². The van der Waals surface area contributed by atoms with Gasteiger partial charge in [0.15, 0.2) is 0 Å². The molecule has 8 heteroatoms. The first-order chi connectivity index (χ1) is 7.79. The van der Waals surface area contributed by atoms with Crippen LogP contribution in [0.3, 0.4) is 0 Å². The summed E-state index contributed by atoms with van der Waals surface area (Å²) in [5.74, 6) is -0.536. The number of nitrogens with two attached hydrogens (primary N) is 1. The van der Waals surface area contributed by atoms with Crippen LogP contribution >= 0.6 is 15.9 Å². The number of hydrogen-bond donors (Lipinski definition) is 1. The minimum Gasteiger partial charge on any atom is -0.398 e. The van der Waals surface area contributed by atoms with Gasteiger partial charge in [0.05, 0.1) is 15.7 Å². The predicted octanol–water partition coefficient (Wildman–Crippen LogP) is 2.68. The predicted molar refractivity (Wildman–Crippen MR) is 61.8 cm³/mol. The van der Waals surface area contributed by atoms with Crippen molar-refractivity contribution in [2.75, 3.05) is 18.3 Å². The number of alkyl halides is 3. The monoisotopic (exact) mass is 331 g/mol.